The van der Waals surface area contributed by atoms with Gasteiger partial charge in [0.25, 0.3) is 0 Å². The summed E-state index contributed by atoms with van der Waals surface area (Å²) in [5.74, 6) is 0. The van der Waals surface area contributed by atoms with Crippen molar-refractivity contribution in [3.63, 3.8) is 0 Å². The summed E-state index contributed by atoms with van der Waals surface area (Å²) in [6.07, 6.45) is 0. The fourth-order valence-corrected chi connectivity index (χ4v) is 7.07. The van der Waals surface area contributed by atoms with E-state index < -0.39 is 30.2 Å². The molecule has 10 rings (SSSR count). The van der Waals surface area contributed by atoms with E-state index in [9.17, 15) is 2.74 Å². The summed E-state index contributed by atoms with van der Waals surface area (Å²) < 4.78 is 94.1. The van der Waals surface area contributed by atoms with Crippen molar-refractivity contribution in [2.75, 3.05) is 0 Å². The van der Waals surface area contributed by atoms with Crippen molar-refractivity contribution < 1.29 is 18.1 Å². The lowest BCUT2D eigenvalue weighted by Crippen LogP contribution is -1.91. The topological polar surface area (TPSA) is 13.1 Å². The first kappa shape index (κ1) is 19.4. The Labute approximate surface area is 298 Å². The minimum atomic E-state index is -0.580. The molecule has 1 heterocycles. The Hall–Kier alpha value is -6.44. The molecule has 0 spiro atoms. The minimum Gasteiger partial charge on any atom is -0.455 e. The maximum atomic E-state index is 9.39. The largest absolute Gasteiger partial charge is 0.455 e. The predicted octanol–water partition coefficient (Wildman–Crippen LogP) is 13.7. The van der Waals surface area contributed by atoms with Crippen LogP contribution in [0.15, 0.2) is 186 Å². The molecule has 0 bridgehead atoms. The van der Waals surface area contributed by atoms with Gasteiger partial charge in [-0.25, -0.2) is 0 Å². The molecule has 1 heteroatoms. The van der Waals surface area contributed by atoms with Gasteiger partial charge in [-0.05, 0) is 83.8 Å². The number of hydrogen-bond acceptors (Lipinski definition) is 1. The summed E-state index contributed by atoms with van der Waals surface area (Å²) in [5, 5.41) is 5.80. The van der Waals surface area contributed by atoms with Gasteiger partial charge < -0.3 is 4.42 Å². The summed E-state index contributed by atoms with van der Waals surface area (Å²) in [4.78, 5) is 0. The van der Waals surface area contributed by atoms with E-state index >= 15 is 0 Å². The minimum absolute atomic E-state index is 0.0500. The average molecular weight is 633 g/mol. The van der Waals surface area contributed by atoms with Gasteiger partial charge in [0.05, 0.1) is 13.7 Å². The third-order valence-electron chi connectivity index (χ3n) is 9.33. The maximum Gasteiger partial charge on any atom is 0.143 e. The van der Waals surface area contributed by atoms with E-state index in [-0.39, 0.29) is 68.8 Å². The van der Waals surface area contributed by atoms with Gasteiger partial charge in [-0.3, -0.25) is 0 Å². The Morgan fingerprint density at radius 3 is 1.76 bits per heavy atom. The van der Waals surface area contributed by atoms with Crippen molar-refractivity contribution in [1.29, 1.82) is 0 Å². The van der Waals surface area contributed by atoms with E-state index in [4.69, 9.17) is 15.4 Å². The molecule has 0 fully saturated rings. The van der Waals surface area contributed by atoms with E-state index in [2.05, 4.69) is 54.6 Å². The second-order valence-electron chi connectivity index (χ2n) is 12.1. The van der Waals surface area contributed by atoms with Crippen molar-refractivity contribution in [2.45, 2.75) is 0 Å². The van der Waals surface area contributed by atoms with E-state index in [1.807, 2.05) is 60.7 Å². The van der Waals surface area contributed by atoms with Gasteiger partial charge in [-0.15, -0.1) is 0 Å². The average Bonchev–Trinajstić information content (AvgIpc) is 3.67. The highest BCUT2D eigenvalue weighted by Gasteiger charge is 2.20. The Morgan fingerprint density at radius 1 is 0.388 bits per heavy atom. The fourth-order valence-electron chi connectivity index (χ4n) is 7.07. The predicted molar refractivity (Wildman–Crippen MR) is 208 cm³/mol. The molecule has 0 aliphatic heterocycles. The molecule has 1 nitrogen and oxygen atoms in total. The lowest BCUT2D eigenvalue weighted by atomic mass is 9.85. The van der Waals surface area contributed by atoms with Crippen LogP contribution >= 0.6 is 0 Å². The number of benzene rings is 9. The molecule has 9 aromatic carbocycles. The van der Waals surface area contributed by atoms with Gasteiger partial charge in [0, 0.05) is 21.9 Å². The Balaban J connectivity index is 1.24. The third-order valence-corrected chi connectivity index (χ3v) is 9.33. The van der Waals surface area contributed by atoms with Crippen molar-refractivity contribution >= 4 is 54.3 Å². The SMILES string of the molecule is [2H]c1c([2H])c([2H])c(-c2cc([2H])c3c(oc4c(-c5c6ccccc6c(-c6ccc(-c7ccc8ccccc8c7)cc6)c6ccccc56)c([2H])c([2H])c([2H])c43)c2[2H])c([2H])c1[2H]. The molecule has 10 aromatic rings. The first-order valence-corrected chi connectivity index (χ1v) is 16.0. The van der Waals surface area contributed by atoms with E-state index in [1.54, 1.807) is 0 Å². The number of hydrogen-bond donors (Lipinski definition) is 0. The zero-order valence-electron chi connectivity index (χ0n) is 36.0. The van der Waals surface area contributed by atoms with Gasteiger partial charge in [0.2, 0.25) is 0 Å². The molecule has 49 heavy (non-hydrogen) atoms. The van der Waals surface area contributed by atoms with Crippen LogP contribution in [-0.2, 0) is 0 Å². The summed E-state index contributed by atoms with van der Waals surface area (Å²) in [6.45, 7) is 0. The second-order valence-corrected chi connectivity index (χ2v) is 12.1. The lowest BCUT2D eigenvalue weighted by molar-refractivity contribution is 0.670. The second kappa shape index (κ2) is 11.1. The fraction of sp³-hybridized carbons (Fsp3) is 0. The van der Waals surface area contributed by atoms with Crippen LogP contribution in [0.3, 0.4) is 0 Å². The molecular weight excluding hydrogens is 593 g/mol. The molecule has 0 saturated carbocycles. The van der Waals surface area contributed by atoms with Gasteiger partial charge in [0.15, 0.2) is 0 Å². The molecule has 0 unspecified atom stereocenters. The summed E-state index contributed by atoms with van der Waals surface area (Å²) in [7, 11) is 0. The molecule has 0 saturated heterocycles. The van der Waals surface area contributed by atoms with Crippen molar-refractivity contribution in [1.82, 2.24) is 0 Å². The maximum absolute atomic E-state index is 9.39. The first-order chi connectivity index (χ1) is 28.5. The van der Waals surface area contributed by atoms with Crippen LogP contribution in [0, 0.1) is 0 Å². The van der Waals surface area contributed by atoms with E-state index in [0.29, 0.717) is 5.56 Å². The molecule has 0 atom stereocenters. The summed E-state index contributed by atoms with van der Waals surface area (Å²) >= 11 is 0. The number of para-hydroxylation sites is 1. The Kier molecular flexibility index (Phi) is 4.39. The molecule has 1 aromatic heterocycles. The highest BCUT2D eigenvalue weighted by molar-refractivity contribution is 6.24. The van der Waals surface area contributed by atoms with Crippen molar-refractivity contribution in [3.8, 4) is 44.5 Å². The summed E-state index contributed by atoms with van der Waals surface area (Å²) in [6, 6.07) is 35.8. The number of rotatable bonds is 4. The molecule has 0 aliphatic carbocycles. The van der Waals surface area contributed by atoms with Crippen LogP contribution in [0.2, 0.25) is 0 Å². The van der Waals surface area contributed by atoms with Crippen LogP contribution < -0.4 is 0 Å². The standard InChI is InChI=1S/C48H30O/c1-2-11-31(12-3-1)37-27-28-38-43-19-10-20-44(48(43)49-45(38)30-37)47-41-17-8-6-15-39(41)46(40-16-7-9-18-42(40)47)34-24-21-33(22-25-34)36-26-23-32-13-4-5-14-35(32)29-36/h1-30H/i1D,2D,3D,10D,11D,12D,19D,20D,28D,30D. The Bertz CT molecular complexity index is 3360. The summed E-state index contributed by atoms with van der Waals surface area (Å²) in [5.41, 5.74) is 4.52. The molecular formula is C48H30O. The van der Waals surface area contributed by atoms with Gasteiger partial charge in [-0.2, -0.15) is 0 Å². The van der Waals surface area contributed by atoms with Crippen LogP contribution in [0.25, 0.3) is 98.8 Å². The van der Waals surface area contributed by atoms with Gasteiger partial charge in [-0.1, -0.05) is 164 Å². The van der Waals surface area contributed by atoms with Gasteiger partial charge in [0.1, 0.15) is 11.2 Å². The smallest absolute Gasteiger partial charge is 0.143 e. The van der Waals surface area contributed by atoms with Crippen LogP contribution in [0.4, 0.5) is 0 Å². The molecule has 0 radical (unpaired) electrons. The lowest BCUT2D eigenvalue weighted by Gasteiger charge is -2.18. The third kappa shape index (κ3) is 4.47. The zero-order valence-corrected chi connectivity index (χ0v) is 26.0. The first-order valence-electron chi connectivity index (χ1n) is 21.0. The normalized spacial score (nSPS) is 14.5. The monoisotopic (exact) mass is 632 g/mol. The van der Waals surface area contributed by atoms with Crippen LogP contribution in [0.5, 0.6) is 0 Å². The highest BCUT2D eigenvalue weighted by Crippen LogP contribution is 2.47. The molecule has 0 amide bonds. The van der Waals surface area contributed by atoms with Crippen LogP contribution in [0.1, 0.15) is 13.7 Å². The number of furan rings is 1. The number of fused-ring (bicyclic) bond motifs is 6. The molecule has 0 N–H and O–H groups in total. The highest BCUT2D eigenvalue weighted by atomic mass is 16.3. The zero-order chi connectivity index (χ0) is 41.0. The van der Waals surface area contributed by atoms with Gasteiger partial charge >= 0.3 is 0 Å². The molecule has 228 valence electrons. The van der Waals surface area contributed by atoms with Crippen molar-refractivity contribution in [3.05, 3.63) is 182 Å². The van der Waals surface area contributed by atoms with Crippen LogP contribution in [-0.4, -0.2) is 0 Å². The molecule has 0 aliphatic rings. The van der Waals surface area contributed by atoms with Crippen molar-refractivity contribution in [2.24, 2.45) is 0 Å². The Morgan fingerprint density at radius 2 is 1.02 bits per heavy atom. The quantitative estimate of drug-likeness (QED) is 0.176. The van der Waals surface area contributed by atoms with E-state index in [0.717, 1.165) is 49.2 Å². The van der Waals surface area contributed by atoms with E-state index in [1.165, 1.54) is 11.5 Å².